The Labute approximate surface area is 401 Å². The lowest BCUT2D eigenvalue weighted by atomic mass is 10.0. The molecule has 0 aliphatic heterocycles. The topological polar surface area (TPSA) is 78.9 Å². The molecule has 0 aromatic carbocycles. The Morgan fingerprint density at radius 3 is 1.11 bits per heavy atom. The summed E-state index contributed by atoms with van der Waals surface area (Å²) in [6, 6.07) is 0. The fourth-order valence-electron chi connectivity index (χ4n) is 7.41. The van der Waals surface area contributed by atoms with Crippen LogP contribution < -0.4 is 0 Å². The van der Waals surface area contributed by atoms with Crippen LogP contribution in [-0.4, -0.2) is 37.2 Å². The van der Waals surface area contributed by atoms with Crippen LogP contribution in [0, 0.1) is 0 Å². The van der Waals surface area contributed by atoms with E-state index in [0.29, 0.717) is 19.3 Å². The Balaban J connectivity index is 4.45. The normalized spacial score (nSPS) is 12.7. The zero-order valence-electron chi connectivity index (χ0n) is 42.5. The number of allylic oxidation sites excluding steroid dienone is 14. The number of hydrogen-bond donors (Lipinski definition) is 0. The molecule has 0 saturated carbocycles. The minimum Gasteiger partial charge on any atom is -0.462 e. The van der Waals surface area contributed by atoms with Crippen LogP contribution in [0.3, 0.4) is 0 Å². The fraction of sp³-hybridized carbons (Fsp3) is 0.712. The van der Waals surface area contributed by atoms with Gasteiger partial charge in [0.15, 0.2) is 6.10 Å². The maximum atomic E-state index is 12.8. The molecule has 0 aromatic rings. The van der Waals surface area contributed by atoms with Crippen molar-refractivity contribution in [2.24, 2.45) is 0 Å². The first kappa shape index (κ1) is 61.6. The summed E-state index contributed by atoms with van der Waals surface area (Å²) >= 11 is 0. The van der Waals surface area contributed by atoms with Crippen molar-refractivity contribution < 1.29 is 28.6 Å². The van der Waals surface area contributed by atoms with Gasteiger partial charge in [-0.1, -0.05) is 241 Å². The zero-order chi connectivity index (χ0) is 47.2. The molecule has 0 rings (SSSR count). The second kappa shape index (κ2) is 53.2. The van der Waals surface area contributed by atoms with Crippen molar-refractivity contribution in [1.29, 1.82) is 0 Å². The van der Waals surface area contributed by atoms with Gasteiger partial charge in [-0.05, 0) is 77.0 Å². The summed E-state index contributed by atoms with van der Waals surface area (Å²) in [4.78, 5) is 38.1. The SMILES string of the molecule is CC/C=C\C/C=C\C/C=C\CCCCCCCCC(=O)OC(COC(=O)CCCCCCC\C=C/C=C\C=C/C=C\CCCCC)COC(=O)CCCCCCCCCCCCCCC. The van der Waals surface area contributed by atoms with Crippen LogP contribution in [0.5, 0.6) is 0 Å². The zero-order valence-corrected chi connectivity index (χ0v) is 42.5. The lowest BCUT2D eigenvalue weighted by Gasteiger charge is -2.18. The smallest absolute Gasteiger partial charge is 0.306 e. The van der Waals surface area contributed by atoms with Crippen molar-refractivity contribution in [3.63, 3.8) is 0 Å². The number of hydrogen-bond acceptors (Lipinski definition) is 6. The average Bonchev–Trinajstić information content (AvgIpc) is 3.30. The van der Waals surface area contributed by atoms with Gasteiger partial charge in [-0.2, -0.15) is 0 Å². The van der Waals surface area contributed by atoms with E-state index in [4.69, 9.17) is 14.2 Å². The Morgan fingerprint density at radius 1 is 0.338 bits per heavy atom. The first-order valence-electron chi connectivity index (χ1n) is 27.1. The largest absolute Gasteiger partial charge is 0.462 e. The van der Waals surface area contributed by atoms with Gasteiger partial charge in [0.2, 0.25) is 0 Å². The molecule has 372 valence electrons. The van der Waals surface area contributed by atoms with Gasteiger partial charge in [0, 0.05) is 19.3 Å². The van der Waals surface area contributed by atoms with Crippen molar-refractivity contribution in [2.75, 3.05) is 13.2 Å². The number of ether oxygens (including phenoxy) is 3. The Kier molecular flexibility index (Phi) is 50.4. The Hall–Kier alpha value is -3.41. The van der Waals surface area contributed by atoms with Gasteiger partial charge < -0.3 is 14.2 Å². The van der Waals surface area contributed by atoms with Crippen LogP contribution in [-0.2, 0) is 28.6 Å². The summed E-state index contributed by atoms with van der Waals surface area (Å²) in [5.41, 5.74) is 0. The van der Waals surface area contributed by atoms with Crippen molar-refractivity contribution in [2.45, 2.75) is 258 Å². The predicted octanol–water partition coefficient (Wildman–Crippen LogP) is 18.0. The van der Waals surface area contributed by atoms with E-state index in [1.807, 2.05) is 0 Å². The van der Waals surface area contributed by atoms with Crippen LogP contribution in [0.4, 0.5) is 0 Å². The molecule has 1 unspecified atom stereocenters. The minimum atomic E-state index is -0.792. The molecular weight excluding hydrogens is 805 g/mol. The fourth-order valence-corrected chi connectivity index (χ4v) is 7.41. The first-order valence-corrected chi connectivity index (χ1v) is 27.1. The number of unbranched alkanes of at least 4 members (excludes halogenated alkanes) is 26. The molecule has 0 aliphatic carbocycles. The number of esters is 3. The molecule has 0 radical (unpaired) electrons. The number of carbonyl (C=O) groups is 3. The molecule has 0 heterocycles. The average molecular weight is 905 g/mol. The number of rotatable bonds is 48. The molecule has 6 heteroatoms. The van der Waals surface area contributed by atoms with E-state index < -0.39 is 6.10 Å². The third-order valence-electron chi connectivity index (χ3n) is 11.5. The highest BCUT2D eigenvalue weighted by Crippen LogP contribution is 2.15. The van der Waals surface area contributed by atoms with Crippen LogP contribution in [0.15, 0.2) is 85.1 Å². The molecule has 0 bridgehead atoms. The van der Waals surface area contributed by atoms with E-state index in [1.165, 1.54) is 96.3 Å². The highest BCUT2D eigenvalue weighted by atomic mass is 16.6. The van der Waals surface area contributed by atoms with Crippen LogP contribution in [0.2, 0.25) is 0 Å². The third kappa shape index (κ3) is 51.4. The van der Waals surface area contributed by atoms with Gasteiger partial charge in [0.05, 0.1) is 0 Å². The first-order chi connectivity index (χ1) is 32.0. The lowest BCUT2D eigenvalue weighted by molar-refractivity contribution is -0.167. The summed E-state index contributed by atoms with van der Waals surface area (Å²) in [6.45, 7) is 6.46. The molecule has 0 aliphatic rings. The second-order valence-corrected chi connectivity index (χ2v) is 17.9. The van der Waals surface area contributed by atoms with Crippen LogP contribution in [0.25, 0.3) is 0 Å². The van der Waals surface area contributed by atoms with E-state index >= 15 is 0 Å². The van der Waals surface area contributed by atoms with E-state index in [2.05, 4.69) is 106 Å². The van der Waals surface area contributed by atoms with Gasteiger partial charge in [0.1, 0.15) is 13.2 Å². The van der Waals surface area contributed by atoms with Crippen molar-refractivity contribution in [3.8, 4) is 0 Å². The van der Waals surface area contributed by atoms with Gasteiger partial charge >= 0.3 is 17.9 Å². The third-order valence-corrected chi connectivity index (χ3v) is 11.5. The van der Waals surface area contributed by atoms with Gasteiger partial charge in [-0.3, -0.25) is 14.4 Å². The van der Waals surface area contributed by atoms with E-state index in [0.717, 1.165) is 116 Å². The van der Waals surface area contributed by atoms with Crippen molar-refractivity contribution in [1.82, 2.24) is 0 Å². The molecule has 65 heavy (non-hydrogen) atoms. The molecule has 0 saturated heterocycles. The van der Waals surface area contributed by atoms with Gasteiger partial charge in [0.25, 0.3) is 0 Å². The molecule has 0 spiro atoms. The second-order valence-electron chi connectivity index (χ2n) is 17.9. The number of carbonyl (C=O) groups excluding carboxylic acids is 3. The Bertz CT molecular complexity index is 1270. The molecule has 0 N–H and O–H groups in total. The lowest BCUT2D eigenvalue weighted by Crippen LogP contribution is -2.30. The monoisotopic (exact) mass is 905 g/mol. The molecule has 0 amide bonds. The molecule has 6 nitrogen and oxygen atoms in total. The van der Waals surface area contributed by atoms with E-state index in [9.17, 15) is 14.4 Å². The summed E-state index contributed by atoms with van der Waals surface area (Å²) < 4.78 is 16.8. The summed E-state index contributed by atoms with van der Waals surface area (Å²) in [5.74, 6) is -0.922. The quantitative estimate of drug-likeness (QED) is 0.0199. The Morgan fingerprint density at radius 2 is 0.662 bits per heavy atom. The van der Waals surface area contributed by atoms with E-state index in [1.54, 1.807) is 0 Å². The molecular formula is C59H100O6. The minimum absolute atomic E-state index is 0.0885. The summed E-state index contributed by atoms with van der Waals surface area (Å²) in [7, 11) is 0. The maximum Gasteiger partial charge on any atom is 0.306 e. The van der Waals surface area contributed by atoms with E-state index in [-0.39, 0.29) is 31.1 Å². The molecule has 1 atom stereocenters. The molecule has 0 fully saturated rings. The maximum absolute atomic E-state index is 12.8. The standard InChI is InChI=1S/C59H100O6/c1-4-7-10-13-16-19-22-25-27-29-30-32-34-37-40-43-46-49-52-58(61)64-55-56(54-63-57(60)51-48-45-42-39-36-33-24-21-18-15-12-9-6-3)65-59(62)53-50-47-44-41-38-35-31-28-26-23-20-17-14-11-8-5-2/h8,11,16-17,19-20,22,25-30,32,56H,4-7,9-10,12-15,18,21,23-24,31,33-55H2,1-3H3/b11-8-,19-16-,20-17-,25-22-,28-26-,29-27-,32-30-. The predicted molar refractivity (Wildman–Crippen MR) is 279 cm³/mol. The molecule has 0 aromatic heterocycles. The van der Waals surface area contributed by atoms with Crippen molar-refractivity contribution >= 4 is 17.9 Å². The van der Waals surface area contributed by atoms with Crippen LogP contribution >= 0.6 is 0 Å². The van der Waals surface area contributed by atoms with Crippen LogP contribution in [0.1, 0.15) is 252 Å². The van der Waals surface area contributed by atoms with Gasteiger partial charge in [-0.15, -0.1) is 0 Å². The summed E-state index contributed by atoms with van der Waals surface area (Å²) in [6.07, 6.45) is 68.4. The van der Waals surface area contributed by atoms with Gasteiger partial charge in [-0.25, -0.2) is 0 Å². The summed E-state index contributed by atoms with van der Waals surface area (Å²) in [5, 5.41) is 0. The highest BCUT2D eigenvalue weighted by molar-refractivity contribution is 5.71. The highest BCUT2D eigenvalue weighted by Gasteiger charge is 2.19. The van der Waals surface area contributed by atoms with Crippen molar-refractivity contribution in [3.05, 3.63) is 85.1 Å².